The van der Waals surface area contributed by atoms with E-state index in [0.29, 0.717) is 6.04 Å². The van der Waals surface area contributed by atoms with Gasteiger partial charge in [0.25, 0.3) is 0 Å². The Morgan fingerprint density at radius 2 is 1.97 bits per heavy atom. The molecule has 160 valence electrons. The van der Waals surface area contributed by atoms with Gasteiger partial charge in [-0.2, -0.15) is 0 Å². The molecule has 2 atom stereocenters. The van der Waals surface area contributed by atoms with Gasteiger partial charge in [-0.25, -0.2) is 0 Å². The van der Waals surface area contributed by atoms with E-state index in [-0.39, 0.29) is 12.1 Å². The average molecular weight is 426 g/mol. The molecule has 2 aromatic heterocycles. The van der Waals surface area contributed by atoms with E-state index in [1.807, 2.05) is 12.3 Å². The van der Waals surface area contributed by atoms with E-state index in [1.165, 1.54) is 29.8 Å². The van der Waals surface area contributed by atoms with Gasteiger partial charge in [-0.3, -0.25) is 9.88 Å². The van der Waals surface area contributed by atoms with Crippen LogP contribution in [0.3, 0.4) is 0 Å². The van der Waals surface area contributed by atoms with E-state index in [9.17, 15) is 0 Å². The van der Waals surface area contributed by atoms with Crippen LogP contribution in [0.25, 0.3) is 0 Å². The maximum absolute atomic E-state index is 5.85. The second-order valence-electron chi connectivity index (χ2n) is 8.70. The number of rotatable bonds is 6. The van der Waals surface area contributed by atoms with Gasteiger partial charge in [-0.1, -0.05) is 6.07 Å². The highest BCUT2D eigenvalue weighted by Gasteiger charge is 2.42. The lowest BCUT2D eigenvalue weighted by Gasteiger charge is -2.32. The third-order valence-corrected chi connectivity index (χ3v) is 7.07. The molecule has 0 spiro atoms. The zero-order valence-corrected chi connectivity index (χ0v) is 18.7. The SMILES string of the molecule is Cc1cc([C@H]2[C@@H](c3ccccn3)NC(=S)N2CCN2CCOCC2)c(C)n1C1CC1. The van der Waals surface area contributed by atoms with Crippen LogP contribution in [0.15, 0.2) is 30.5 Å². The van der Waals surface area contributed by atoms with Crippen LogP contribution in [0.4, 0.5) is 0 Å². The first-order valence-corrected chi connectivity index (χ1v) is 11.5. The first kappa shape index (κ1) is 20.0. The number of thiocarbonyl (C=S) groups is 1. The molecule has 2 aliphatic heterocycles. The lowest BCUT2D eigenvalue weighted by atomic mass is 9.97. The Labute approximate surface area is 184 Å². The Balaban J connectivity index is 1.47. The molecule has 5 rings (SSSR count). The number of nitrogens with one attached hydrogen (secondary N) is 1. The van der Waals surface area contributed by atoms with Crippen LogP contribution in [0.2, 0.25) is 0 Å². The van der Waals surface area contributed by atoms with Crippen LogP contribution in [-0.4, -0.2) is 63.9 Å². The van der Waals surface area contributed by atoms with Crippen LogP contribution < -0.4 is 5.32 Å². The molecule has 4 heterocycles. The number of aryl methyl sites for hydroxylation is 1. The number of morpholine rings is 1. The molecular formula is C23H31N5OS. The smallest absolute Gasteiger partial charge is 0.170 e. The molecule has 0 radical (unpaired) electrons. The molecule has 1 N–H and O–H groups in total. The van der Waals surface area contributed by atoms with Gasteiger partial charge in [0.05, 0.1) is 31.0 Å². The van der Waals surface area contributed by atoms with Gasteiger partial charge >= 0.3 is 0 Å². The summed E-state index contributed by atoms with van der Waals surface area (Å²) in [6.07, 6.45) is 4.46. The zero-order valence-electron chi connectivity index (χ0n) is 17.9. The predicted molar refractivity (Wildman–Crippen MR) is 122 cm³/mol. The summed E-state index contributed by atoms with van der Waals surface area (Å²) in [5.74, 6) is 0. The third kappa shape index (κ3) is 3.74. The second-order valence-corrected chi connectivity index (χ2v) is 9.09. The van der Waals surface area contributed by atoms with Crippen molar-refractivity contribution in [3.05, 3.63) is 53.1 Å². The van der Waals surface area contributed by atoms with Gasteiger partial charge in [0.2, 0.25) is 0 Å². The average Bonchev–Trinajstić information content (AvgIpc) is 3.48. The monoisotopic (exact) mass is 425 g/mol. The van der Waals surface area contributed by atoms with Gasteiger partial charge in [-0.15, -0.1) is 0 Å². The Morgan fingerprint density at radius 1 is 1.17 bits per heavy atom. The fraction of sp³-hybridized carbons (Fsp3) is 0.565. The van der Waals surface area contributed by atoms with E-state index in [4.69, 9.17) is 17.0 Å². The van der Waals surface area contributed by atoms with Gasteiger partial charge in [0.15, 0.2) is 5.11 Å². The highest BCUT2D eigenvalue weighted by atomic mass is 32.1. The Kier molecular flexibility index (Phi) is 5.52. The minimum atomic E-state index is 0.0662. The summed E-state index contributed by atoms with van der Waals surface area (Å²) in [6.45, 7) is 10.1. The standard InChI is InChI=1S/C23H31N5OS/c1-16-15-19(17(2)28(16)18-6-7-18)22-21(20-5-3-4-8-24-20)25-23(30)27(22)10-9-26-11-13-29-14-12-26/h3-5,8,15,18,21-22H,6-7,9-14H2,1-2H3,(H,25,30)/t21-,22+/m1/s1. The van der Waals surface area contributed by atoms with E-state index >= 15 is 0 Å². The first-order chi connectivity index (χ1) is 14.6. The highest BCUT2D eigenvalue weighted by Crippen LogP contribution is 2.44. The lowest BCUT2D eigenvalue weighted by Crippen LogP contribution is -2.42. The molecule has 1 aliphatic carbocycles. The number of hydrogen-bond acceptors (Lipinski definition) is 4. The summed E-state index contributed by atoms with van der Waals surface area (Å²) in [6, 6.07) is 9.43. The first-order valence-electron chi connectivity index (χ1n) is 11.1. The minimum absolute atomic E-state index is 0.0662. The summed E-state index contributed by atoms with van der Waals surface area (Å²) in [5, 5.41) is 4.43. The number of aromatic nitrogens is 2. The van der Waals surface area contributed by atoms with E-state index in [2.05, 4.69) is 56.7 Å². The van der Waals surface area contributed by atoms with Crippen molar-refractivity contribution in [3.8, 4) is 0 Å². The Hall–Kier alpha value is -1.96. The van der Waals surface area contributed by atoms with Crippen LogP contribution in [-0.2, 0) is 4.74 Å². The number of pyridine rings is 1. The summed E-state index contributed by atoms with van der Waals surface area (Å²) in [5.41, 5.74) is 5.17. The van der Waals surface area contributed by atoms with Crippen LogP contribution in [0.5, 0.6) is 0 Å². The summed E-state index contributed by atoms with van der Waals surface area (Å²) in [4.78, 5) is 9.55. The predicted octanol–water partition coefficient (Wildman–Crippen LogP) is 3.14. The van der Waals surface area contributed by atoms with E-state index in [1.54, 1.807) is 0 Å². The lowest BCUT2D eigenvalue weighted by molar-refractivity contribution is 0.0350. The van der Waals surface area contributed by atoms with Crippen molar-refractivity contribution in [2.24, 2.45) is 0 Å². The van der Waals surface area contributed by atoms with Crippen LogP contribution in [0.1, 0.15) is 53.6 Å². The molecule has 3 fully saturated rings. The Bertz CT molecular complexity index is 904. The van der Waals surface area contributed by atoms with Crippen LogP contribution >= 0.6 is 12.2 Å². The number of ether oxygens (including phenoxy) is 1. The normalized spacial score (nSPS) is 25.0. The molecule has 0 bridgehead atoms. The highest BCUT2D eigenvalue weighted by molar-refractivity contribution is 7.80. The summed E-state index contributed by atoms with van der Waals surface area (Å²) >= 11 is 5.85. The number of hydrogen-bond donors (Lipinski definition) is 1. The van der Waals surface area contributed by atoms with Gasteiger partial charge < -0.3 is 19.5 Å². The molecule has 0 aromatic carbocycles. The minimum Gasteiger partial charge on any atom is -0.379 e. The molecule has 6 nitrogen and oxygen atoms in total. The second kappa shape index (κ2) is 8.29. The fourth-order valence-electron chi connectivity index (χ4n) is 5.06. The van der Waals surface area contributed by atoms with Crippen molar-refractivity contribution in [1.82, 2.24) is 24.7 Å². The molecule has 2 aromatic rings. The molecule has 3 aliphatic rings. The van der Waals surface area contributed by atoms with E-state index in [0.717, 1.165) is 50.2 Å². The fourth-order valence-corrected chi connectivity index (χ4v) is 5.39. The molecule has 0 amide bonds. The third-order valence-electron chi connectivity index (χ3n) is 6.71. The van der Waals surface area contributed by atoms with Gasteiger partial charge in [0.1, 0.15) is 0 Å². The molecule has 1 saturated carbocycles. The van der Waals surface area contributed by atoms with Crippen molar-refractivity contribution in [2.45, 2.75) is 44.8 Å². The summed E-state index contributed by atoms with van der Waals surface area (Å²) in [7, 11) is 0. The Morgan fingerprint density at radius 3 is 2.67 bits per heavy atom. The topological polar surface area (TPSA) is 45.6 Å². The van der Waals surface area contributed by atoms with Crippen molar-refractivity contribution in [3.63, 3.8) is 0 Å². The van der Waals surface area contributed by atoms with Crippen molar-refractivity contribution in [2.75, 3.05) is 39.4 Å². The van der Waals surface area contributed by atoms with Crippen molar-refractivity contribution in [1.29, 1.82) is 0 Å². The maximum Gasteiger partial charge on any atom is 0.170 e. The largest absolute Gasteiger partial charge is 0.379 e. The molecule has 30 heavy (non-hydrogen) atoms. The zero-order chi connectivity index (χ0) is 20.7. The summed E-state index contributed by atoms with van der Waals surface area (Å²) < 4.78 is 8.05. The maximum atomic E-state index is 5.85. The van der Waals surface area contributed by atoms with Gasteiger partial charge in [-0.05, 0) is 62.7 Å². The van der Waals surface area contributed by atoms with E-state index < -0.39 is 0 Å². The molecule has 0 unspecified atom stereocenters. The van der Waals surface area contributed by atoms with Crippen molar-refractivity contribution >= 4 is 17.3 Å². The molecule has 7 heteroatoms. The number of nitrogens with zero attached hydrogens (tertiary/aromatic N) is 4. The molecular weight excluding hydrogens is 394 g/mol. The van der Waals surface area contributed by atoms with Gasteiger partial charge in [0, 0.05) is 49.8 Å². The molecule has 2 saturated heterocycles. The van der Waals surface area contributed by atoms with Crippen LogP contribution in [0, 0.1) is 13.8 Å². The van der Waals surface area contributed by atoms with Crippen molar-refractivity contribution < 1.29 is 4.74 Å². The quantitative estimate of drug-likeness (QED) is 0.718.